The molecule has 0 amide bonds. The molecular weight excluding hydrogens is 2030 g/mol. The van der Waals surface area contributed by atoms with Crippen LogP contribution in [0.15, 0.2) is 284 Å². The Kier molecular flexibility index (Phi) is 38.5. The van der Waals surface area contributed by atoms with Crippen molar-refractivity contribution in [2.24, 2.45) is 0 Å². The molecule has 0 aliphatic heterocycles. The van der Waals surface area contributed by atoms with Crippen LogP contribution in [0.3, 0.4) is 0 Å². The maximum atomic E-state index is 10.0. The number of aliphatic hydroxyl groups is 3. The van der Waals surface area contributed by atoms with Crippen molar-refractivity contribution in [1.29, 1.82) is 0 Å². The number of pyridine rings is 4. The van der Waals surface area contributed by atoms with Gasteiger partial charge in [0.05, 0.1) is 39.3 Å². The summed E-state index contributed by atoms with van der Waals surface area (Å²) in [6.45, 7) is 17.2. The van der Waals surface area contributed by atoms with Crippen molar-refractivity contribution in [3.8, 4) is 56.2 Å². The molecule has 1 aliphatic rings. The molecule has 3 N–H and O–H groups in total. The van der Waals surface area contributed by atoms with Gasteiger partial charge in [0.2, 0.25) is 0 Å². The summed E-state index contributed by atoms with van der Waals surface area (Å²) in [4.78, 5) is 49.1. The maximum absolute atomic E-state index is 10.0. The summed E-state index contributed by atoms with van der Waals surface area (Å²) in [5, 5.41) is 29.9. The number of aromatic nitrogens is 4. The van der Waals surface area contributed by atoms with E-state index in [1.807, 2.05) is 103 Å². The Labute approximate surface area is 678 Å². The van der Waals surface area contributed by atoms with Crippen LogP contribution < -0.4 is 0 Å². The molecule has 0 unspecified atom stereocenters. The number of allylic oxidation sites excluding steroid dienone is 8. The molecule has 0 fully saturated rings. The largest absolute Gasteiger partial charge is 0.512 e. The molecule has 550 valence electrons. The molecule has 106 heavy (non-hydrogen) atoms. The van der Waals surface area contributed by atoms with E-state index in [2.05, 4.69) is 203 Å². The van der Waals surface area contributed by atoms with Gasteiger partial charge in [-0.25, -0.2) is 0 Å². The molecule has 13 aromatic rings. The Balaban J connectivity index is 0.000000272. The third-order valence-electron chi connectivity index (χ3n) is 15.9. The van der Waals surface area contributed by atoms with Crippen LogP contribution in [0.25, 0.3) is 105 Å². The maximum Gasteiger partial charge on any atom is 0.155 e. The van der Waals surface area contributed by atoms with E-state index < -0.39 is 0 Å². The van der Waals surface area contributed by atoms with Gasteiger partial charge in [0.15, 0.2) is 17.3 Å². The number of para-hydroxylation sites is 3. The fraction of sp³-hybridized carbons (Fsp3) is 0.163. The summed E-state index contributed by atoms with van der Waals surface area (Å²) < 4.78 is 0. The molecule has 4 radical (unpaired) electrons. The van der Waals surface area contributed by atoms with Gasteiger partial charge in [-0.2, -0.15) is 0 Å². The van der Waals surface area contributed by atoms with Crippen LogP contribution in [-0.4, -0.2) is 52.6 Å². The van der Waals surface area contributed by atoms with E-state index in [0.29, 0.717) is 5.92 Å². The number of aliphatic hydroxyl groups excluding tert-OH is 3. The monoisotopic (exact) mass is 2110 g/mol. The third-order valence-corrected chi connectivity index (χ3v) is 15.9. The average molecular weight is 2110 g/mol. The summed E-state index contributed by atoms with van der Waals surface area (Å²) in [5.41, 5.74) is 21.3. The minimum absolute atomic E-state index is 0. The molecule has 10 nitrogen and oxygen atoms in total. The molecule has 1 aliphatic carbocycles. The first kappa shape index (κ1) is 89.0. The van der Waals surface area contributed by atoms with Gasteiger partial charge in [0, 0.05) is 104 Å². The van der Waals surface area contributed by atoms with Crippen molar-refractivity contribution in [3.63, 3.8) is 0 Å². The number of nitrogens with zero attached hydrogens (tertiary/aromatic N) is 4. The minimum atomic E-state index is -0.125. The van der Waals surface area contributed by atoms with Crippen molar-refractivity contribution in [1.82, 2.24) is 19.9 Å². The van der Waals surface area contributed by atoms with Gasteiger partial charge in [-0.1, -0.05) is 153 Å². The predicted octanol–water partition coefficient (Wildman–Crippen LogP) is 23.3. The van der Waals surface area contributed by atoms with Crippen LogP contribution in [-0.2, 0) is 94.8 Å². The van der Waals surface area contributed by atoms with Crippen molar-refractivity contribution in [3.05, 3.63) is 331 Å². The van der Waals surface area contributed by atoms with Crippen molar-refractivity contribution in [2.45, 2.75) is 101 Å². The van der Waals surface area contributed by atoms with E-state index in [9.17, 15) is 14.4 Å². The van der Waals surface area contributed by atoms with Crippen molar-refractivity contribution < 1.29 is 110 Å². The molecule has 9 aromatic carbocycles. The zero-order chi connectivity index (χ0) is 72.9. The number of ketones is 3. The van der Waals surface area contributed by atoms with Gasteiger partial charge in [-0.15, -0.1) is 143 Å². The average Bonchev–Trinajstić information content (AvgIpc) is 0.865. The van der Waals surface area contributed by atoms with Crippen LogP contribution in [0.4, 0.5) is 0 Å². The smallest absolute Gasteiger partial charge is 0.155 e. The molecular formula is C92H86Ir4N4O6-4. The molecule has 14 rings (SSSR count). The van der Waals surface area contributed by atoms with Crippen molar-refractivity contribution in [2.75, 3.05) is 0 Å². The SMILES string of the molecule is CC(=O)C=C(C)O.CC(=O)C=C(C)O.CC(=O)C=C(C)O.CC(C)c1cc[c-]c(-c2ccc3ccccc3n2)c1.Cc1cc(-c2[c-]cccc2)nc2ccccc12.Cc1cc2ccccc2nc1-c1[c-]ccc(-c2ccccc2)c1.[Ir].[Ir].[Ir].[Ir].[c-]1ccccc1-c1ccc2cc(C3=CCCCC3)ccc2n1. The van der Waals surface area contributed by atoms with Gasteiger partial charge >= 0.3 is 0 Å². The van der Waals surface area contributed by atoms with Crippen LogP contribution >= 0.6 is 0 Å². The van der Waals surface area contributed by atoms with Crippen LogP contribution in [0, 0.1) is 38.1 Å². The zero-order valence-electron chi connectivity index (χ0n) is 61.0. The number of carbonyl (C=O) groups excluding carboxylic acids is 3. The molecule has 0 bridgehead atoms. The van der Waals surface area contributed by atoms with Crippen LogP contribution in [0.1, 0.15) is 109 Å². The fourth-order valence-electron chi connectivity index (χ4n) is 11.2. The third kappa shape index (κ3) is 28.5. The van der Waals surface area contributed by atoms with E-state index >= 15 is 0 Å². The second-order valence-electron chi connectivity index (χ2n) is 24.9. The Morgan fingerprint density at radius 1 is 0.387 bits per heavy atom. The van der Waals surface area contributed by atoms with E-state index in [4.69, 9.17) is 30.3 Å². The summed E-state index contributed by atoms with van der Waals surface area (Å²) in [6.07, 6.45) is 11.0. The second-order valence-corrected chi connectivity index (χ2v) is 24.9. The van der Waals surface area contributed by atoms with E-state index in [1.54, 1.807) is 0 Å². The molecule has 4 aromatic heterocycles. The predicted molar refractivity (Wildman–Crippen MR) is 421 cm³/mol. The van der Waals surface area contributed by atoms with Crippen LogP contribution in [0.2, 0.25) is 0 Å². The molecule has 0 atom stereocenters. The molecule has 4 heterocycles. The summed E-state index contributed by atoms with van der Waals surface area (Å²) in [7, 11) is 0. The van der Waals surface area contributed by atoms with E-state index in [-0.39, 0.29) is 115 Å². The number of aryl methyl sites for hydroxylation is 2. The number of fused-ring (bicyclic) bond motifs is 4. The first-order valence-corrected chi connectivity index (χ1v) is 34.0. The normalized spacial score (nSPS) is 11.4. The number of rotatable bonds is 10. The second kappa shape index (κ2) is 45.8. The Hall–Kier alpha value is -9.41. The molecule has 0 saturated carbocycles. The van der Waals surface area contributed by atoms with Gasteiger partial charge in [0.1, 0.15) is 0 Å². The van der Waals surface area contributed by atoms with Gasteiger partial charge in [-0.3, -0.25) is 34.3 Å². The molecule has 0 spiro atoms. The van der Waals surface area contributed by atoms with Gasteiger partial charge in [0.25, 0.3) is 0 Å². The zero-order valence-corrected chi connectivity index (χ0v) is 70.6. The fourth-order valence-corrected chi connectivity index (χ4v) is 11.2. The Bertz CT molecular complexity index is 5040. The molecule has 0 saturated heterocycles. The van der Waals surface area contributed by atoms with Crippen LogP contribution in [0.5, 0.6) is 0 Å². The first-order chi connectivity index (χ1) is 49.2. The number of hydrogen-bond donors (Lipinski definition) is 3. The summed E-state index contributed by atoms with van der Waals surface area (Å²) >= 11 is 0. The van der Waals surface area contributed by atoms with Crippen molar-refractivity contribution >= 4 is 66.5 Å². The van der Waals surface area contributed by atoms with E-state index in [1.165, 1.54) is 146 Å². The summed E-state index contributed by atoms with van der Waals surface area (Å²) in [6, 6.07) is 96.0. The molecule has 14 heteroatoms. The topological polar surface area (TPSA) is 163 Å². The van der Waals surface area contributed by atoms with Gasteiger partial charge < -0.3 is 15.3 Å². The minimum Gasteiger partial charge on any atom is -0.512 e. The number of hydrogen-bond acceptors (Lipinski definition) is 10. The number of carbonyl (C=O) groups is 3. The first-order valence-electron chi connectivity index (χ1n) is 34.0. The Morgan fingerprint density at radius 2 is 0.868 bits per heavy atom. The number of benzene rings is 9. The van der Waals surface area contributed by atoms with E-state index in [0.717, 1.165) is 67.1 Å². The summed E-state index contributed by atoms with van der Waals surface area (Å²) in [5.74, 6) is 0.335. The Morgan fingerprint density at radius 3 is 1.42 bits per heavy atom. The quantitative estimate of drug-likeness (QED) is 0.0682. The standard InChI is InChI=1S/C22H16N.C21H18N.C18H16N.C16H12N.3C5H8O2.4Ir/c1-16-14-19-10-5-6-13-21(19)23-22(16)20-12-7-11-18(15-20)17-8-3-2-4-9-17;1-3-7-16(8-4-1)18-11-13-21-19(15-18)12-14-20(22-21)17-9-5-2-6-10-17;1-13(2)15-7-5-8-16(12-15)18-11-10-14-6-3-4-9-17(14)19-18;1-12-11-16(13-7-3-2-4-8-13)17-15-10-6-5-9-14(12)15;3*1-4(6)3-5(2)7;;;;/h2-11,13-15H,1H3;2,5-7,9,11-15H,1,3-4,8H2;3-7,9-13H,1-2H3;2-7,9-11H,1H3;3*3,6H,1-2H3;;;;/q4*-1;;;;;;;. The van der Waals surface area contributed by atoms with Gasteiger partial charge in [-0.05, 0) is 179 Å².